The number of H-pyrrole nitrogens is 1. The van der Waals surface area contributed by atoms with Crippen LogP contribution in [-0.4, -0.2) is 86.5 Å². The zero-order valence-corrected chi connectivity index (χ0v) is 21.4. The number of ketones is 1. The van der Waals surface area contributed by atoms with Crippen LogP contribution in [-0.2, 0) is 4.79 Å². The number of fused-ring (bicyclic) bond motifs is 1. The minimum absolute atomic E-state index is 0.0140. The SMILES string of the molecule is CNc1cc(OCCN2CCN(CC(C)=O)CC2)c(OC)cc1C(=N)Oc1ccc2[nH]cc(C)c2c1. The number of aryl methyl sites for hydroxylation is 1. The summed E-state index contributed by atoms with van der Waals surface area (Å²) < 4.78 is 17.6. The number of methoxy groups -OCH3 is 1. The number of nitrogens with one attached hydrogen (secondary N) is 3. The van der Waals surface area contributed by atoms with Crippen LogP contribution in [0, 0.1) is 12.3 Å². The van der Waals surface area contributed by atoms with Gasteiger partial charge in [0.2, 0.25) is 5.90 Å². The fourth-order valence-electron chi connectivity index (χ4n) is 4.47. The van der Waals surface area contributed by atoms with Gasteiger partial charge in [0, 0.05) is 62.9 Å². The minimum Gasteiger partial charge on any atom is -0.493 e. The lowest BCUT2D eigenvalue weighted by Crippen LogP contribution is -2.48. The predicted octanol–water partition coefficient (Wildman–Crippen LogP) is 3.52. The third-order valence-corrected chi connectivity index (χ3v) is 6.47. The number of aromatic nitrogens is 1. The Hall–Kier alpha value is -3.56. The average Bonchev–Trinajstić information content (AvgIpc) is 3.24. The zero-order valence-electron chi connectivity index (χ0n) is 21.4. The van der Waals surface area contributed by atoms with Crippen molar-refractivity contribution in [3.63, 3.8) is 0 Å². The van der Waals surface area contributed by atoms with Crippen LogP contribution in [0.25, 0.3) is 10.9 Å². The summed E-state index contributed by atoms with van der Waals surface area (Å²) >= 11 is 0. The van der Waals surface area contributed by atoms with Crippen molar-refractivity contribution in [2.75, 3.05) is 65.3 Å². The van der Waals surface area contributed by atoms with E-state index in [2.05, 4.69) is 20.1 Å². The first-order valence-corrected chi connectivity index (χ1v) is 12.2. The number of piperazine rings is 1. The molecule has 36 heavy (non-hydrogen) atoms. The molecule has 1 aliphatic rings. The van der Waals surface area contributed by atoms with Crippen LogP contribution in [0.5, 0.6) is 17.2 Å². The van der Waals surface area contributed by atoms with Crippen molar-refractivity contribution >= 4 is 28.3 Å². The number of rotatable bonds is 10. The zero-order chi connectivity index (χ0) is 25.7. The van der Waals surface area contributed by atoms with E-state index in [0.29, 0.717) is 41.7 Å². The molecule has 0 unspecified atom stereocenters. The molecule has 1 aromatic heterocycles. The van der Waals surface area contributed by atoms with Gasteiger partial charge < -0.3 is 24.5 Å². The standard InChI is InChI=1S/C27H35N5O4/c1-18-16-30-23-6-5-20(13-21(18)23)36-27(28)22-14-25(34-4)26(15-24(22)29-3)35-12-11-31-7-9-32(10-8-31)17-19(2)33/h5-6,13-16,28-30H,7-12,17H2,1-4H3. The molecule has 1 fully saturated rings. The summed E-state index contributed by atoms with van der Waals surface area (Å²) in [4.78, 5) is 19.1. The summed E-state index contributed by atoms with van der Waals surface area (Å²) in [5, 5.41) is 12.8. The summed E-state index contributed by atoms with van der Waals surface area (Å²) in [6, 6.07) is 9.34. The number of carbonyl (C=O) groups is 1. The summed E-state index contributed by atoms with van der Waals surface area (Å²) in [6.07, 6.45) is 1.96. The molecule has 0 saturated carbocycles. The van der Waals surface area contributed by atoms with Crippen LogP contribution < -0.4 is 19.5 Å². The lowest BCUT2D eigenvalue weighted by molar-refractivity contribution is -0.118. The molecule has 3 N–H and O–H groups in total. The van der Waals surface area contributed by atoms with E-state index in [9.17, 15) is 4.79 Å². The molecule has 2 heterocycles. The van der Waals surface area contributed by atoms with Gasteiger partial charge >= 0.3 is 0 Å². The third kappa shape index (κ3) is 5.98. The maximum atomic E-state index is 11.3. The molecular formula is C27H35N5O4. The van der Waals surface area contributed by atoms with Gasteiger partial charge in [0.1, 0.15) is 18.1 Å². The number of anilines is 1. The number of nitrogens with zero attached hydrogens (tertiary/aromatic N) is 2. The molecule has 4 rings (SSSR count). The third-order valence-electron chi connectivity index (χ3n) is 6.47. The van der Waals surface area contributed by atoms with Gasteiger partial charge in [-0.05, 0) is 43.7 Å². The van der Waals surface area contributed by atoms with Crippen molar-refractivity contribution in [2.45, 2.75) is 13.8 Å². The first-order chi connectivity index (χ1) is 17.4. The molecule has 2 aromatic carbocycles. The van der Waals surface area contributed by atoms with E-state index in [1.54, 1.807) is 27.1 Å². The molecular weight excluding hydrogens is 458 g/mol. The van der Waals surface area contributed by atoms with Crippen molar-refractivity contribution in [3.05, 3.63) is 47.7 Å². The van der Waals surface area contributed by atoms with Crippen LogP contribution in [0.4, 0.5) is 5.69 Å². The van der Waals surface area contributed by atoms with Gasteiger partial charge in [0.05, 0.1) is 24.9 Å². The van der Waals surface area contributed by atoms with E-state index in [4.69, 9.17) is 19.6 Å². The van der Waals surface area contributed by atoms with Crippen molar-refractivity contribution in [1.29, 1.82) is 5.41 Å². The molecule has 1 aliphatic heterocycles. The van der Waals surface area contributed by atoms with Gasteiger partial charge in [0.25, 0.3) is 0 Å². The number of hydrogen-bond donors (Lipinski definition) is 3. The molecule has 0 amide bonds. The summed E-state index contributed by atoms with van der Waals surface area (Å²) in [5.74, 6) is 1.97. The highest BCUT2D eigenvalue weighted by molar-refractivity contribution is 6.00. The first kappa shape index (κ1) is 25.5. The number of benzene rings is 2. The van der Waals surface area contributed by atoms with E-state index in [-0.39, 0.29) is 11.7 Å². The van der Waals surface area contributed by atoms with Crippen molar-refractivity contribution in [3.8, 4) is 17.2 Å². The quantitative estimate of drug-likeness (QED) is 0.293. The highest BCUT2D eigenvalue weighted by atomic mass is 16.5. The average molecular weight is 494 g/mol. The molecule has 0 radical (unpaired) electrons. The lowest BCUT2D eigenvalue weighted by Gasteiger charge is -2.34. The Kier molecular flexibility index (Phi) is 8.12. The van der Waals surface area contributed by atoms with Gasteiger partial charge in [-0.3, -0.25) is 20.0 Å². The molecule has 9 heteroatoms. The highest BCUT2D eigenvalue weighted by Gasteiger charge is 2.19. The summed E-state index contributed by atoms with van der Waals surface area (Å²) in [5.41, 5.74) is 3.45. The van der Waals surface area contributed by atoms with Gasteiger partial charge in [-0.15, -0.1) is 0 Å². The molecule has 192 valence electrons. The smallest absolute Gasteiger partial charge is 0.221 e. The largest absolute Gasteiger partial charge is 0.493 e. The van der Waals surface area contributed by atoms with Crippen LogP contribution in [0.3, 0.4) is 0 Å². The Labute approximate surface area is 211 Å². The van der Waals surface area contributed by atoms with Crippen molar-refractivity contribution in [1.82, 2.24) is 14.8 Å². The Bertz CT molecular complexity index is 1230. The second kappa shape index (κ2) is 11.5. The minimum atomic E-state index is 0.0140. The van der Waals surface area contributed by atoms with Crippen LogP contribution in [0.15, 0.2) is 36.5 Å². The van der Waals surface area contributed by atoms with Crippen LogP contribution >= 0.6 is 0 Å². The van der Waals surface area contributed by atoms with Crippen molar-refractivity contribution < 1.29 is 19.0 Å². The molecule has 1 saturated heterocycles. The van der Waals surface area contributed by atoms with Gasteiger partial charge in [-0.2, -0.15) is 0 Å². The van der Waals surface area contributed by atoms with E-state index in [1.807, 2.05) is 37.4 Å². The number of aromatic amines is 1. The maximum absolute atomic E-state index is 11.3. The topological polar surface area (TPSA) is 103 Å². The van der Waals surface area contributed by atoms with E-state index < -0.39 is 0 Å². The fraction of sp³-hybridized carbons (Fsp3) is 0.407. The van der Waals surface area contributed by atoms with Crippen LogP contribution in [0.1, 0.15) is 18.1 Å². The molecule has 0 bridgehead atoms. The van der Waals surface area contributed by atoms with Gasteiger partial charge in [-0.25, -0.2) is 0 Å². The molecule has 0 atom stereocenters. The normalized spacial score (nSPS) is 14.6. The van der Waals surface area contributed by atoms with E-state index >= 15 is 0 Å². The second-order valence-corrected chi connectivity index (χ2v) is 9.08. The summed E-state index contributed by atoms with van der Waals surface area (Å²) in [6.45, 7) is 9.09. The predicted molar refractivity (Wildman–Crippen MR) is 142 cm³/mol. The van der Waals surface area contributed by atoms with E-state index in [1.165, 1.54) is 0 Å². The van der Waals surface area contributed by atoms with Gasteiger partial charge in [-0.1, -0.05) is 0 Å². The van der Waals surface area contributed by atoms with Crippen molar-refractivity contribution in [2.24, 2.45) is 0 Å². The lowest BCUT2D eigenvalue weighted by atomic mass is 10.1. The number of carbonyl (C=O) groups excluding carboxylic acids is 1. The monoisotopic (exact) mass is 493 g/mol. The first-order valence-electron chi connectivity index (χ1n) is 12.2. The second-order valence-electron chi connectivity index (χ2n) is 9.08. The number of Topliss-reactive ketones (excluding diaryl/α,β-unsaturated/α-hetero) is 1. The Morgan fingerprint density at radius 2 is 1.86 bits per heavy atom. The Balaban J connectivity index is 1.40. The van der Waals surface area contributed by atoms with E-state index in [0.717, 1.165) is 49.2 Å². The molecule has 3 aromatic rings. The molecule has 9 nitrogen and oxygen atoms in total. The maximum Gasteiger partial charge on any atom is 0.221 e. The Morgan fingerprint density at radius 3 is 2.56 bits per heavy atom. The highest BCUT2D eigenvalue weighted by Crippen LogP contribution is 2.34. The summed E-state index contributed by atoms with van der Waals surface area (Å²) in [7, 11) is 3.39. The molecule has 0 spiro atoms. The van der Waals surface area contributed by atoms with Gasteiger partial charge in [0.15, 0.2) is 11.5 Å². The molecule has 0 aliphatic carbocycles. The number of ether oxygens (including phenoxy) is 3. The fourth-order valence-corrected chi connectivity index (χ4v) is 4.47. The van der Waals surface area contributed by atoms with Crippen LogP contribution in [0.2, 0.25) is 0 Å². The Morgan fingerprint density at radius 1 is 1.11 bits per heavy atom. The number of hydrogen-bond acceptors (Lipinski definition) is 8.